The zero-order valence-corrected chi connectivity index (χ0v) is 15.5. The first kappa shape index (κ1) is 18.9. The highest BCUT2D eigenvalue weighted by atomic mass is 16.7. The van der Waals surface area contributed by atoms with Gasteiger partial charge in [-0.05, 0) is 12.1 Å². The van der Waals surface area contributed by atoms with Gasteiger partial charge >= 0.3 is 0 Å². The number of carbonyl (C=O) groups excluding carboxylic acids is 3. The second-order valence-corrected chi connectivity index (χ2v) is 6.97. The maximum absolute atomic E-state index is 12.2. The molecule has 2 aliphatic heterocycles. The number of hydrogen-bond acceptors (Lipinski definition) is 5. The van der Waals surface area contributed by atoms with Gasteiger partial charge in [-0.25, -0.2) is 0 Å². The SMILES string of the molecule is CCC(=O)Nc1cccc(C2=NOC3(C2)C[C@@H](C(N)=O)N(C(=O)CC)C3)c1. The van der Waals surface area contributed by atoms with Crippen molar-refractivity contribution in [1.29, 1.82) is 0 Å². The molecule has 0 aliphatic carbocycles. The smallest absolute Gasteiger partial charge is 0.240 e. The number of carbonyl (C=O) groups is 3. The number of likely N-dealkylation sites (tertiary alicyclic amines) is 1. The van der Waals surface area contributed by atoms with Crippen molar-refractivity contribution in [3.8, 4) is 0 Å². The van der Waals surface area contributed by atoms with Crippen molar-refractivity contribution in [2.75, 3.05) is 11.9 Å². The van der Waals surface area contributed by atoms with Crippen molar-refractivity contribution in [2.24, 2.45) is 10.9 Å². The van der Waals surface area contributed by atoms with Gasteiger partial charge in [0.1, 0.15) is 6.04 Å². The van der Waals surface area contributed by atoms with Crippen molar-refractivity contribution < 1.29 is 19.2 Å². The van der Waals surface area contributed by atoms with Gasteiger partial charge < -0.3 is 20.8 Å². The van der Waals surface area contributed by atoms with E-state index in [4.69, 9.17) is 10.6 Å². The van der Waals surface area contributed by atoms with Gasteiger partial charge in [-0.1, -0.05) is 31.1 Å². The van der Waals surface area contributed by atoms with Crippen molar-refractivity contribution in [1.82, 2.24) is 4.90 Å². The van der Waals surface area contributed by atoms with Crippen LogP contribution >= 0.6 is 0 Å². The van der Waals surface area contributed by atoms with Gasteiger partial charge in [0, 0.05) is 36.9 Å². The summed E-state index contributed by atoms with van der Waals surface area (Å²) in [5.41, 5.74) is 6.99. The van der Waals surface area contributed by atoms with Crippen molar-refractivity contribution in [3.63, 3.8) is 0 Å². The summed E-state index contributed by atoms with van der Waals surface area (Å²) in [5.74, 6) is -0.728. The van der Waals surface area contributed by atoms with E-state index in [-0.39, 0.29) is 18.4 Å². The fourth-order valence-corrected chi connectivity index (χ4v) is 3.56. The number of nitrogens with one attached hydrogen (secondary N) is 1. The molecule has 0 bridgehead atoms. The highest BCUT2D eigenvalue weighted by Gasteiger charge is 2.52. The number of anilines is 1. The number of benzene rings is 1. The van der Waals surface area contributed by atoms with E-state index < -0.39 is 17.6 Å². The van der Waals surface area contributed by atoms with Crippen LogP contribution in [-0.4, -0.2) is 46.5 Å². The maximum Gasteiger partial charge on any atom is 0.240 e. The van der Waals surface area contributed by atoms with Crippen molar-refractivity contribution >= 4 is 29.1 Å². The molecule has 3 rings (SSSR count). The van der Waals surface area contributed by atoms with E-state index in [1.54, 1.807) is 13.8 Å². The Labute approximate surface area is 157 Å². The van der Waals surface area contributed by atoms with Crippen LogP contribution in [0.5, 0.6) is 0 Å². The van der Waals surface area contributed by atoms with Crippen LogP contribution in [-0.2, 0) is 19.2 Å². The second-order valence-electron chi connectivity index (χ2n) is 6.97. The molecular formula is C19H24N4O4. The molecule has 3 amide bonds. The molecule has 3 N–H and O–H groups in total. The van der Waals surface area contributed by atoms with Crippen LogP contribution in [0.2, 0.25) is 0 Å². The number of hydrogen-bond donors (Lipinski definition) is 2. The van der Waals surface area contributed by atoms with Gasteiger partial charge in [0.2, 0.25) is 17.7 Å². The normalized spacial score (nSPS) is 23.9. The molecule has 0 radical (unpaired) electrons. The Balaban J connectivity index is 1.76. The summed E-state index contributed by atoms with van der Waals surface area (Å²) in [4.78, 5) is 42.8. The molecule has 1 saturated heterocycles. The molecule has 2 atom stereocenters. The molecule has 1 aromatic carbocycles. The number of nitrogens with two attached hydrogens (primary N) is 1. The zero-order valence-electron chi connectivity index (χ0n) is 15.5. The van der Waals surface area contributed by atoms with E-state index in [9.17, 15) is 14.4 Å². The molecule has 1 aromatic rings. The minimum Gasteiger partial charge on any atom is -0.387 e. The van der Waals surface area contributed by atoms with Gasteiger partial charge in [0.05, 0.1) is 12.3 Å². The second kappa shape index (κ2) is 7.38. The number of primary amides is 1. The van der Waals surface area contributed by atoms with E-state index >= 15 is 0 Å². The van der Waals surface area contributed by atoms with E-state index in [0.717, 1.165) is 11.3 Å². The highest BCUT2D eigenvalue weighted by Crippen LogP contribution is 2.39. The number of rotatable bonds is 5. The summed E-state index contributed by atoms with van der Waals surface area (Å²) in [6.45, 7) is 3.82. The van der Waals surface area contributed by atoms with Crippen LogP contribution in [0.4, 0.5) is 5.69 Å². The molecule has 2 aliphatic rings. The number of amides is 3. The van der Waals surface area contributed by atoms with Crippen molar-refractivity contribution in [3.05, 3.63) is 29.8 Å². The monoisotopic (exact) mass is 372 g/mol. The van der Waals surface area contributed by atoms with Crippen LogP contribution in [0, 0.1) is 0 Å². The Kier molecular flexibility index (Phi) is 5.16. The Morgan fingerprint density at radius 3 is 2.78 bits per heavy atom. The van der Waals surface area contributed by atoms with E-state index in [1.807, 2.05) is 24.3 Å². The summed E-state index contributed by atoms with van der Waals surface area (Å²) in [7, 11) is 0. The molecule has 1 spiro atoms. The van der Waals surface area contributed by atoms with Crippen LogP contribution in [0.15, 0.2) is 29.4 Å². The molecule has 8 nitrogen and oxygen atoms in total. The summed E-state index contributed by atoms with van der Waals surface area (Å²) in [5, 5.41) is 7.03. The number of nitrogens with zero attached hydrogens (tertiary/aromatic N) is 2. The first-order valence-electron chi connectivity index (χ1n) is 9.11. The van der Waals surface area contributed by atoms with Gasteiger partial charge in [-0.3, -0.25) is 14.4 Å². The lowest BCUT2D eigenvalue weighted by Gasteiger charge is -2.22. The molecule has 1 unspecified atom stereocenters. The van der Waals surface area contributed by atoms with E-state index in [1.165, 1.54) is 4.90 Å². The molecule has 27 heavy (non-hydrogen) atoms. The van der Waals surface area contributed by atoms with Gasteiger partial charge in [-0.15, -0.1) is 0 Å². The third-order valence-electron chi connectivity index (χ3n) is 4.99. The molecule has 2 heterocycles. The third kappa shape index (κ3) is 3.79. The Bertz CT molecular complexity index is 807. The topological polar surface area (TPSA) is 114 Å². The van der Waals surface area contributed by atoms with Crippen LogP contribution in [0.3, 0.4) is 0 Å². The van der Waals surface area contributed by atoms with Crippen LogP contribution < -0.4 is 11.1 Å². The minimum atomic E-state index is -0.734. The molecule has 0 saturated carbocycles. The highest BCUT2D eigenvalue weighted by molar-refractivity contribution is 6.03. The summed E-state index contributed by atoms with van der Waals surface area (Å²) in [6.07, 6.45) is 1.49. The van der Waals surface area contributed by atoms with Crippen molar-refractivity contribution in [2.45, 2.75) is 51.2 Å². The standard InChI is InChI=1S/C19H24N4O4/c1-3-16(24)21-13-7-5-6-12(8-13)14-9-19(27-22-14)10-15(18(20)26)23(11-19)17(25)4-2/h5-8,15H,3-4,9-11H2,1-2H3,(H2,20,26)(H,21,24)/t15-,19?/m0/s1. The summed E-state index contributed by atoms with van der Waals surface area (Å²) in [6, 6.07) is 6.69. The average Bonchev–Trinajstić information content (AvgIpc) is 3.25. The first-order chi connectivity index (χ1) is 12.9. The van der Waals surface area contributed by atoms with Gasteiger partial charge in [0.25, 0.3) is 0 Å². The lowest BCUT2D eigenvalue weighted by atomic mass is 9.91. The van der Waals surface area contributed by atoms with Gasteiger partial charge in [0.15, 0.2) is 5.60 Å². The summed E-state index contributed by atoms with van der Waals surface area (Å²) < 4.78 is 0. The first-order valence-corrected chi connectivity index (χ1v) is 9.11. The predicted molar refractivity (Wildman–Crippen MR) is 99.9 cm³/mol. The Hall–Kier alpha value is -2.90. The molecule has 1 fully saturated rings. The quantitative estimate of drug-likeness (QED) is 0.813. The molecule has 0 aromatic heterocycles. The van der Waals surface area contributed by atoms with Crippen LogP contribution in [0.25, 0.3) is 0 Å². The van der Waals surface area contributed by atoms with E-state index in [0.29, 0.717) is 31.4 Å². The lowest BCUT2D eigenvalue weighted by molar-refractivity contribution is -0.137. The minimum absolute atomic E-state index is 0.0676. The molecule has 8 heteroatoms. The largest absolute Gasteiger partial charge is 0.387 e. The molecular weight excluding hydrogens is 348 g/mol. The maximum atomic E-state index is 12.2. The lowest BCUT2D eigenvalue weighted by Crippen LogP contribution is -2.43. The Morgan fingerprint density at radius 2 is 2.11 bits per heavy atom. The number of oxime groups is 1. The fraction of sp³-hybridized carbons (Fsp3) is 0.474. The average molecular weight is 372 g/mol. The predicted octanol–water partition coefficient (Wildman–Crippen LogP) is 1.39. The van der Waals surface area contributed by atoms with Crippen LogP contribution in [0.1, 0.15) is 45.1 Å². The van der Waals surface area contributed by atoms with E-state index in [2.05, 4.69) is 10.5 Å². The Morgan fingerprint density at radius 1 is 1.33 bits per heavy atom. The molecule has 144 valence electrons. The summed E-state index contributed by atoms with van der Waals surface area (Å²) >= 11 is 0. The van der Waals surface area contributed by atoms with Gasteiger partial charge in [-0.2, -0.15) is 0 Å². The zero-order chi connectivity index (χ0) is 19.6. The third-order valence-corrected chi connectivity index (χ3v) is 4.99. The fourth-order valence-electron chi connectivity index (χ4n) is 3.56.